The lowest BCUT2D eigenvalue weighted by atomic mass is 9.89. The van der Waals surface area contributed by atoms with Gasteiger partial charge in [-0.15, -0.1) is 0 Å². The van der Waals surface area contributed by atoms with Gasteiger partial charge in [0.15, 0.2) is 0 Å². The van der Waals surface area contributed by atoms with E-state index >= 15 is 0 Å². The Balaban J connectivity index is 1.95. The van der Waals surface area contributed by atoms with Crippen LogP contribution in [0.1, 0.15) is 19.8 Å². The highest BCUT2D eigenvalue weighted by atomic mass is 16.5. The van der Waals surface area contributed by atoms with E-state index in [-0.39, 0.29) is 5.60 Å². The maximum Gasteiger partial charge on any atom is 0.0846 e. The summed E-state index contributed by atoms with van der Waals surface area (Å²) in [6.45, 7) is 4.37. The molecule has 2 nitrogen and oxygen atoms in total. The fraction of sp³-hybridized carbons (Fsp3) is 1.00. The van der Waals surface area contributed by atoms with Crippen LogP contribution >= 0.6 is 0 Å². The van der Waals surface area contributed by atoms with Gasteiger partial charge < -0.3 is 10.1 Å². The summed E-state index contributed by atoms with van der Waals surface area (Å²) in [7, 11) is 0. The summed E-state index contributed by atoms with van der Waals surface area (Å²) in [6.07, 6.45) is 3.00. The molecule has 52 valence electrons. The summed E-state index contributed by atoms with van der Waals surface area (Å²) >= 11 is 0. The second-order valence-electron chi connectivity index (χ2n) is 3.24. The van der Waals surface area contributed by atoms with Crippen molar-refractivity contribution in [3.8, 4) is 0 Å². The average Bonchev–Trinajstić information content (AvgIpc) is 2.12. The molecule has 0 aromatic carbocycles. The molecule has 0 aliphatic carbocycles. The van der Waals surface area contributed by atoms with Crippen LogP contribution in [0.25, 0.3) is 0 Å². The Kier molecular flexibility index (Phi) is 1.08. The molecule has 0 bridgehead atoms. The Labute approximate surface area is 55.6 Å². The number of rotatable bonds is 0. The van der Waals surface area contributed by atoms with Crippen LogP contribution in [0.2, 0.25) is 0 Å². The third kappa shape index (κ3) is 0.775. The van der Waals surface area contributed by atoms with Gasteiger partial charge in [0, 0.05) is 13.0 Å². The van der Waals surface area contributed by atoms with Crippen LogP contribution in [0.4, 0.5) is 0 Å². The van der Waals surface area contributed by atoms with E-state index in [0.29, 0.717) is 6.10 Å². The lowest BCUT2D eigenvalue weighted by Crippen LogP contribution is -2.50. The quantitative estimate of drug-likeness (QED) is 0.512. The molecule has 0 aromatic rings. The van der Waals surface area contributed by atoms with Crippen molar-refractivity contribution < 1.29 is 4.74 Å². The molecular weight excluding hydrogens is 114 g/mol. The van der Waals surface area contributed by atoms with Crippen molar-refractivity contribution in [2.75, 3.05) is 13.1 Å². The Bertz CT molecular complexity index is 110. The second-order valence-corrected chi connectivity index (χ2v) is 3.24. The van der Waals surface area contributed by atoms with Crippen molar-refractivity contribution in [1.29, 1.82) is 0 Å². The molecule has 1 N–H and O–H groups in total. The van der Waals surface area contributed by atoms with Crippen molar-refractivity contribution in [3.05, 3.63) is 0 Å². The maximum absolute atomic E-state index is 5.62. The van der Waals surface area contributed by atoms with E-state index in [2.05, 4.69) is 12.2 Å². The maximum atomic E-state index is 5.62. The minimum atomic E-state index is 0.277. The van der Waals surface area contributed by atoms with Crippen LogP contribution in [0.3, 0.4) is 0 Å². The smallest absolute Gasteiger partial charge is 0.0846 e. The number of nitrogens with one attached hydrogen (secondary N) is 1. The standard InChI is InChI=1S/C7H13NO/c1-6-4-7(9-6)2-3-8-5-7/h6,8H,2-5H2,1H3. The van der Waals surface area contributed by atoms with Gasteiger partial charge in [0.2, 0.25) is 0 Å². The van der Waals surface area contributed by atoms with Crippen LogP contribution in [0.15, 0.2) is 0 Å². The first-order valence-corrected chi connectivity index (χ1v) is 3.69. The summed E-state index contributed by atoms with van der Waals surface area (Å²) in [5, 5.41) is 3.31. The predicted octanol–water partition coefficient (Wildman–Crippen LogP) is 0.527. The van der Waals surface area contributed by atoms with E-state index in [0.717, 1.165) is 13.1 Å². The Morgan fingerprint density at radius 3 is 2.89 bits per heavy atom. The van der Waals surface area contributed by atoms with Crippen LogP contribution < -0.4 is 5.32 Å². The van der Waals surface area contributed by atoms with Crippen molar-refractivity contribution in [2.45, 2.75) is 31.5 Å². The minimum Gasteiger partial charge on any atom is -0.370 e. The molecule has 2 unspecified atom stereocenters. The van der Waals surface area contributed by atoms with Crippen LogP contribution in [0.5, 0.6) is 0 Å². The van der Waals surface area contributed by atoms with E-state index < -0.39 is 0 Å². The van der Waals surface area contributed by atoms with Gasteiger partial charge in [-0.05, 0) is 19.9 Å². The molecular formula is C7H13NO. The molecule has 2 aliphatic rings. The summed E-state index contributed by atoms with van der Waals surface area (Å²) in [6, 6.07) is 0. The van der Waals surface area contributed by atoms with Crippen LogP contribution in [-0.4, -0.2) is 24.8 Å². The zero-order valence-electron chi connectivity index (χ0n) is 5.81. The predicted molar refractivity (Wildman–Crippen MR) is 35.4 cm³/mol. The van der Waals surface area contributed by atoms with Crippen LogP contribution in [-0.2, 0) is 4.74 Å². The highest BCUT2D eigenvalue weighted by Crippen LogP contribution is 2.36. The lowest BCUT2D eigenvalue weighted by Gasteiger charge is -2.43. The van der Waals surface area contributed by atoms with E-state index in [1.54, 1.807) is 0 Å². The minimum absolute atomic E-state index is 0.277. The van der Waals surface area contributed by atoms with Gasteiger partial charge in [-0.2, -0.15) is 0 Å². The zero-order valence-corrected chi connectivity index (χ0v) is 5.81. The molecule has 2 fully saturated rings. The summed E-state index contributed by atoms with van der Waals surface area (Å²) in [5.41, 5.74) is 0.277. The fourth-order valence-corrected chi connectivity index (χ4v) is 1.94. The largest absolute Gasteiger partial charge is 0.370 e. The Morgan fingerprint density at radius 1 is 1.67 bits per heavy atom. The average molecular weight is 127 g/mol. The number of ether oxygens (including phenoxy) is 1. The fourth-order valence-electron chi connectivity index (χ4n) is 1.94. The molecule has 0 aromatic heterocycles. The summed E-state index contributed by atoms with van der Waals surface area (Å²) in [5.74, 6) is 0. The van der Waals surface area contributed by atoms with Crippen molar-refractivity contribution in [1.82, 2.24) is 5.32 Å². The molecule has 0 saturated carbocycles. The van der Waals surface area contributed by atoms with Crippen molar-refractivity contribution in [2.24, 2.45) is 0 Å². The van der Waals surface area contributed by atoms with E-state index in [4.69, 9.17) is 4.74 Å². The Morgan fingerprint density at radius 2 is 2.44 bits per heavy atom. The topological polar surface area (TPSA) is 21.3 Å². The second kappa shape index (κ2) is 1.70. The normalized spacial score (nSPS) is 49.7. The zero-order chi connectivity index (χ0) is 6.32. The van der Waals surface area contributed by atoms with Gasteiger partial charge in [-0.25, -0.2) is 0 Å². The monoisotopic (exact) mass is 127 g/mol. The number of hydrogen-bond acceptors (Lipinski definition) is 2. The third-order valence-corrected chi connectivity index (χ3v) is 2.32. The van der Waals surface area contributed by atoms with Gasteiger partial charge in [0.1, 0.15) is 0 Å². The first-order valence-electron chi connectivity index (χ1n) is 3.69. The van der Waals surface area contributed by atoms with Crippen LogP contribution in [0, 0.1) is 0 Å². The molecule has 9 heavy (non-hydrogen) atoms. The van der Waals surface area contributed by atoms with E-state index in [1.807, 2.05) is 0 Å². The lowest BCUT2D eigenvalue weighted by molar-refractivity contribution is -0.184. The third-order valence-electron chi connectivity index (χ3n) is 2.32. The molecule has 2 atom stereocenters. The van der Waals surface area contributed by atoms with Gasteiger partial charge in [-0.3, -0.25) is 0 Å². The highest BCUT2D eigenvalue weighted by molar-refractivity contribution is 4.97. The van der Waals surface area contributed by atoms with Gasteiger partial charge in [0.25, 0.3) is 0 Å². The molecule has 2 aliphatic heterocycles. The first-order chi connectivity index (χ1) is 4.31. The van der Waals surface area contributed by atoms with E-state index in [1.165, 1.54) is 12.8 Å². The molecule has 2 heteroatoms. The highest BCUT2D eigenvalue weighted by Gasteiger charge is 2.45. The summed E-state index contributed by atoms with van der Waals surface area (Å²) in [4.78, 5) is 0. The van der Waals surface area contributed by atoms with Crippen molar-refractivity contribution in [3.63, 3.8) is 0 Å². The molecule has 2 rings (SSSR count). The Hall–Kier alpha value is -0.0800. The van der Waals surface area contributed by atoms with Crippen molar-refractivity contribution >= 4 is 0 Å². The van der Waals surface area contributed by atoms with Gasteiger partial charge in [0.05, 0.1) is 11.7 Å². The van der Waals surface area contributed by atoms with Gasteiger partial charge in [-0.1, -0.05) is 0 Å². The molecule has 0 radical (unpaired) electrons. The number of hydrogen-bond donors (Lipinski definition) is 1. The van der Waals surface area contributed by atoms with E-state index in [9.17, 15) is 0 Å². The summed E-state index contributed by atoms with van der Waals surface area (Å²) < 4.78 is 5.62. The molecule has 2 heterocycles. The molecule has 0 amide bonds. The molecule has 1 spiro atoms. The molecule has 2 saturated heterocycles. The SMILES string of the molecule is CC1CC2(CCNC2)O1. The first kappa shape index (κ1) is 5.69. The van der Waals surface area contributed by atoms with Gasteiger partial charge >= 0.3 is 0 Å².